The van der Waals surface area contributed by atoms with Crippen molar-refractivity contribution in [2.24, 2.45) is 0 Å². The molecule has 1 atom stereocenters. The van der Waals surface area contributed by atoms with Crippen molar-refractivity contribution < 1.29 is 4.79 Å². The molecule has 3 nitrogen and oxygen atoms in total. The summed E-state index contributed by atoms with van der Waals surface area (Å²) >= 11 is 7.34. The van der Waals surface area contributed by atoms with Crippen molar-refractivity contribution in [3.63, 3.8) is 0 Å². The fraction of sp³-hybridized carbons (Fsp3) is 0.200. The zero-order chi connectivity index (χ0) is 14.4. The molecular weight excluding hydrogens is 292 g/mol. The molecule has 0 saturated heterocycles. The lowest BCUT2D eigenvalue weighted by Crippen LogP contribution is -2.30. The molecule has 104 valence electrons. The number of thioether (sulfide) groups is 1. The van der Waals surface area contributed by atoms with Crippen LogP contribution in [0.1, 0.15) is 12.6 Å². The minimum Gasteiger partial charge on any atom is -0.349 e. The first-order chi connectivity index (χ1) is 9.65. The average molecular weight is 307 g/mol. The highest BCUT2D eigenvalue weighted by molar-refractivity contribution is 8.00. The molecule has 1 N–H and O–H groups in total. The van der Waals surface area contributed by atoms with Crippen molar-refractivity contribution >= 4 is 29.3 Å². The molecule has 0 aliphatic carbocycles. The van der Waals surface area contributed by atoms with Crippen LogP contribution in [-0.2, 0) is 11.3 Å². The summed E-state index contributed by atoms with van der Waals surface area (Å²) < 4.78 is 0. The Hall–Kier alpha value is -1.52. The van der Waals surface area contributed by atoms with Gasteiger partial charge in [0.15, 0.2) is 0 Å². The summed E-state index contributed by atoms with van der Waals surface area (Å²) in [4.78, 5) is 17.2. The molecule has 0 spiro atoms. The third kappa shape index (κ3) is 4.54. The Morgan fingerprint density at radius 2 is 2.05 bits per heavy atom. The molecule has 5 heteroatoms. The number of pyridine rings is 1. The number of nitrogens with one attached hydrogen (secondary N) is 1. The van der Waals surface area contributed by atoms with Gasteiger partial charge in [0.25, 0.3) is 0 Å². The van der Waals surface area contributed by atoms with Crippen molar-refractivity contribution in [2.45, 2.75) is 23.6 Å². The molecule has 0 fully saturated rings. The van der Waals surface area contributed by atoms with Crippen molar-refractivity contribution in [3.05, 3.63) is 59.4 Å². The number of carbonyl (C=O) groups is 1. The van der Waals surface area contributed by atoms with Gasteiger partial charge in [-0.25, -0.2) is 0 Å². The summed E-state index contributed by atoms with van der Waals surface area (Å²) in [5.74, 6) is -0.00407. The summed E-state index contributed by atoms with van der Waals surface area (Å²) in [6.07, 6.45) is 1.72. The van der Waals surface area contributed by atoms with E-state index in [9.17, 15) is 4.79 Å². The molecule has 0 saturated carbocycles. The number of amides is 1. The van der Waals surface area contributed by atoms with Crippen LogP contribution < -0.4 is 5.32 Å². The monoisotopic (exact) mass is 306 g/mol. The fourth-order valence-electron chi connectivity index (χ4n) is 1.59. The van der Waals surface area contributed by atoms with Crippen molar-refractivity contribution in [1.29, 1.82) is 0 Å². The van der Waals surface area contributed by atoms with Crippen LogP contribution in [-0.4, -0.2) is 16.1 Å². The van der Waals surface area contributed by atoms with Gasteiger partial charge in [0.05, 0.1) is 17.5 Å². The third-order valence-corrected chi connectivity index (χ3v) is 4.03. The van der Waals surface area contributed by atoms with Gasteiger partial charge in [-0.3, -0.25) is 9.78 Å². The summed E-state index contributed by atoms with van der Waals surface area (Å²) in [6.45, 7) is 2.33. The van der Waals surface area contributed by atoms with E-state index in [1.165, 1.54) is 11.8 Å². The second-order valence-electron chi connectivity index (χ2n) is 4.25. The van der Waals surface area contributed by atoms with Gasteiger partial charge in [0.1, 0.15) is 0 Å². The number of aromatic nitrogens is 1. The van der Waals surface area contributed by atoms with Crippen molar-refractivity contribution in [1.82, 2.24) is 10.3 Å². The van der Waals surface area contributed by atoms with Crippen LogP contribution >= 0.6 is 23.4 Å². The van der Waals surface area contributed by atoms with Crippen LogP contribution in [0.4, 0.5) is 0 Å². The van der Waals surface area contributed by atoms with Gasteiger partial charge in [0.2, 0.25) is 5.91 Å². The molecule has 0 aliphatic rings. The average Bonchev–Trinajstić information content (AvgIpc) is 2.48. The lowest BCUT2D eigenvalue weighted by molar-refractivity contribution is -0.120. The SMILES string of the molecule is C[C@@H](Sc1ccc(Cl)cc1)C(=O)NCc1ccccn1. The van der Waals surface area contributed by atoms with Crippen LogP contribution in [0.25, 0.3) is 0 Å². The van der Waals surface area contributed by atoms with E-state index in [0.29, 0.717) is 11.6 Å². The van der Waals surface area contributed by atoms with E-state index < -0.39 is 0 Å². The lowest BCUT2D eigenvalue weighted by Gasteiger charge is -2.11. The highest BCUT2D eigenvalue weighted by Gasteiger charge is 2.14. The van der Waals surface area contributed by atoms with Crippen LogP contribution in [0.3, 0.4) is 0 Å². The van der Waals surface area contributed by atoms with E-state index in [4.69, 9.17) is 11.6 Å². The molecule has 20 heavy (non-hydrogen) atoms. The second kappa shape index (κ2) is 7.31. The maximum absolute atomic E-state index is 12.0. The zero-order valence-electron chi connectivity index (χ0n) is 11.0. The van der Waals surface area contributed by atoms with E-state index >= 15 is 0 Å². The van der Waals surface area contributed by atoms with Gasteiger partial charge >= 0.3 is 0 Å². The third-order valence-electron chi connectivity index (χ3n) is 2.67. The smallest absolute Gasteiger partial charge is 0.233 e. The minimum absolute atomic E-state index is 0.00407. The van der Waals surface area contributed by atoms with Crippen LogP contribution in [0, 0.1) is 0 Å². The van der Waals surface area contributed by atoms with Crippen molar-refractivity contribution in [3.8, 4) is 0 Å². The van der Waals surface area contributed by atoms with E-state index in [1.807, 2.05) is 49.4 Å². The molecule has 0 radical (unpaired) electrons. The highest BCUT2D eigenvalue weighted by Crippen LogP contribution is 2.24. The number of carbonyl (C=O) groups excluding carboxylic acids is 1. The van der Waals surface area contributed by atoms with E-state index in [-0.39, 0.29) is 11.2 Å². The number of hydrogen-bond acceptors (Lipinski definition) is 3. The van der Waals surface area contributed by atoms with E-state index in [0.717, 1.165) is 10.6 Å². The highest BCUT2D eigenvalue weighted by atomic mass is 35.5. The molecule has 1 heterocycles. The number of rotatable bonds is 5. The van der Waals surface area contributed by atoms with Crippen LogP contribution in [0.15, 0.2) is 53.6 Å². The maximum atomic E-state index is 12.0. The molecule has 0 aliphatic heterocycles. The Labute approximate surface area is 127 Å². The molecule has 1 aromatic carbocycles. The Morgan fingerprint density at radius 3 is 2.70 bits per heavy atom. The van der Waals surface area contributed by atoms with Crippen LogP contribution in [0.5, 0.6) is 0 Å². The van der Waals surface area contributed by atoms with Gasteiger partial charge < -0.3 is 5.32 Å². The van der Waals surface area contributed by atoms with Gasteiger partial charge in [-0.05, 0) is 43.3 Å². The lowest BCUT2D eigenvalue weighted by atomic mass is 10.3. The summed E-state index contributed by atoms with van der Waals surface area (Å²) in [5, 5.41) is 3.41. The Kier molecular flexibility index (Phi) is 5.44. The molecule has 0 bridgehead atoms. The summed E-state index contributed by atoms with van der Waals surface area (Å²) in [6, 6.07) is 13.1. The van der Waals surface area contributed by atoms with E-state index in [2.05, 4.69) is 10.3 Å². The maximum Gasteiger partial charge on any atom is 0.233 e. The number of hydrogen-bond donors (Lipinski definition) is 1. The first-order valence-electron chi connectivity index (χ1n) is 6.25. The fourth-order valence-corrected chi connectivity index (χ4v) is 2.61. The molecular formula is C15H15ClN2OS. The van der Waals surface area contributed by atoms with Gasteiger partial charge in [-0.1, -0.05) is 17.7 Å². The van der Waals surface area contributed by atoms with Crippen molar-refractivity contribution in [2.75, 3.05) is 0 Å². The Balaban J connectivity index is 1.84. The molecule has 0 unspecified atom stereocenters. The molecule has 2 rings (SSSR count). The standard InChI is InChI=1S/C15H15ClN2OS/c1-11(20-14-7-5-12(16)6-8-14)15(19)18-10-13-4-2-3-9-17-13/h2-9,11H,10H2,1H3,(H,18,19)/t11-/m1/s1. The summed E-state index contributed by atoms with van der Waals surface area (Å²) in [7, 11) is 0. The minimum atomic E-state index is -0.167. The van der Waals surface area contributed by atoms with Crippen LogP contribution in [0.2, 0.25) is 5.02 Å². The largest absolute Gasteiger partial charge is 0.349 e. The quantitative estimate of drug-likeness (QED) is 0.859. The molecule has 1 aromatic heterocycles. The predicted octanol–water partition coefficient (Wildman–Crippen LogP) is 3.53. The Morgan fingerprint density at radius 1 is 1.30 bits per heavy atom. The second-order valence-corrected chi connectivity index (χ2v) is 6.10. The van der Waals surface area contributed by atoms with Gasteiger partial charge in [0, 0.05) is 16.1 Å². The van der Waals surface area contributed by atoms with Gasteiger partial charge in [-0.15, -0.1) is 11.8 Å². The predicted molar refractivity (Wildman–Crippen MR) is 82.9 cm³/mol. The molecule has 2 aromatic rings. The first-order valence-corrected chi connectivity index (χ1v) is 7.51. The topological polar surface area (TPSA) is 42.0 Å². The zero-order valence-corrected chi connectivity index (χ0v) is 12.6. The Bertz CT molecular complexity index is 560. The first kappa shape index (κ1) is 14.9. The summed E-state index contributed by atoms with van der Waals surface area (Å²) in [5.41, 5.74) is 0.851. The number of benzene rings is 1. The number of nitrogens with zero attached hydrogens (tertiary/aromatic N) is 1. The molecule has 1 amide bonds. The van der Waals surface area contributed by atoms with Gasteiger partial charge in [-0.2, -0.15) is 0 Å². The normalized spacial score (nSPS) is 11.9. The van der Waals surface area contributed by atoms with E-state index in [1.54, 1.807) is 6.20 Å². The number of halogens is 1.